The minimum Gasteiger partial charge on any atom is -0.201 e. The van der Waals surface area contributed by atoms with Crippen molar-refractivity contribution < 1.29 is 4.57 Å². The van der Waals surface area contributed by atoms with Crippen molar-refractivity contribution in [3.63, 3.8) is 0 Å². The van der Waals surface area contributed by atoms with Gasteiger partial charge in [0.05, 0.1) is 0 Å². The van der Waals surface area contributed by atoms with E-state index in [9.17, 15) is 0 Å². The lowest BCUT2D eigenvalue weighted by Crippen LogP contribution is -2.31. The topological polar surface area (TPSA) is 3.88 Å². The van der Waals surface area contributed by atoms with Crippen LogP contribution in [0.4, 0.5) is 0 Å². The van der Waals surface area contributed by atoms with Crippen LogP contribution in [0.15, 0.2) is 66.9 Å². The second-order valence-corrected chi connectivity index (χ2v) is 8.89. The van der Waals surface area contributed by atoms with Crippen LogP contribution < -0.4 is 4.57 Å². The molecule has 1 heterocycles. The van der Waals surface area contributed by atoms with Crippen LogP contribution in [0, 0.1) is 12.8 Å². The minimum absolute atomic E-state index is 0.666. The number of hydrogen-bond donors (Lipinski definition) is 0. The van der Waals surface area contributed by atoms with Crippen LogP contribution in [0.2, 0.25) is 0 Å². The highest BCUT2D eigenvalue weighted by molar-refractivity contribution is 6.01. The summed E-state index contributed by atoms with van der Waals surface area (Å²) in [6.07, 6.45) is 4.36. The molecule has 0 radical (unpaired) electrons. The molecule has 0 saturated carbocycles. The molecule has 1 nitrogen and oxygen atoms in total. The van der Waals surface area contributed by atoms with E-state index in [0.717, 1.165) is 12.8 Å². The fourth-order valence-corrected chi connectivity index (χ4v) is 4.95. The van der Waals surface area contributed by atoms with E-state index >= 15 is 0 Å². The maximum Gasteiger partial charge on any atom is 0.212 e. The van der Waals surface area contributed by atoms with Gasteiger partial charge in [-0.1, -0.05) is 56.3 Å². The lowest BCUT2D eigenvalue weighted by molar-refractivity contribution is -0.660. The Kier molecular flexibility index (Phi) is 4.28. The lowest BCUT2D eigenvalue weighted by atomic mass is 9.93. The van der Waals surface area contributed by atoms with Gasteiger partial charge in [0, 0.05) is 17.7 Å². The first-order valence-electron chi connectivity index (χ1n) is 10.7. The van der Waals surface area contributed by atoms with Gasteiger partial charge in [-0.15, -0.1) is 0 Å². The number of hydrogen-bond acceptors (Lipinski definition) is 0. The number of aromatic nitrogens is 1. The summed E-state index contributed by atoms with van der Waals surface area (Å²) in [4.78, 5) is 0. The zero-order valence-corrected chi connectivity index (χ0v) is 17.8. The summed E-state index contributed by atoms with van der Waals surface area (Å²) >= 11 is 0. The van der Waals surface area contributed by atoms with Crippen LogP contribution in [0.3, 0.4) is 0 Å². The molecule has 1 heteroatoms. The van der Waals surface area contributed by atoms with Crippen molar-refractivity contribution in [2.75, 3.05) is 0 Å². The van der Waals surface area contributed by atoms with E-state index in [-0.39, 0.29) is 0 Å². The van der Waals surface area contributed by atoms with Crippen molar-refractivity contribution in [2.24, 2.45) is 13.0 Å². The van der Waals surface area contributed by atoms with Crippen molar-refractivity contribution >= 4 is 10.8 Å². The van der Waals surface area contributed by atoms with E-state index in [1.54, 1.807) is 0 Å². The highest BCUT2D eigenvalue weighted by Crippen LogP contribution is 2.44. The van der Waals surface area contributed by atoms with E-state index in [1.807, 2.05) is 0 Å². The molecule has 0 fully saturated rings. The van der Waals surface area contributed by atoms with E-state index in [2.05, 4.69) is 99.2 Å². The quantitative estimate of drug-likeness (QED) is 0.319. The van der Waals surface area contributed by atoms with Gasteiger partial charge in [-0.25, -0.2) is 4.57 Å². The molecule has 0 saturated heterocycles. The third kappa shape index (κ3) is 2.97. The molecule has 29 heavy (non-hydrogen) atoms. The van der Waals surface area contributed by atoms with Crippen molar-refractivity contribution in [1.82, 2.24) is 0 Å². The highest BCUT2D eigenvalue weighted by atomic mass is 14.9. The Morgan fingerprint density at radius 3 is 2.55 bits per heavy atom. The normalized spacial score (nSPS) is 12.4. The van der Waals surface area contributed by atoms with Crippen LogP contribution >= 0.6 is 0 Å². The first kappa shape index (κ1) is 18.1. The Morgan fingerprint density at radius 1 is 0.931 bits per heavy atom. The number of rotatable bonds is 3. The van der Waals surface area contributed by atoms with Crippen LogP contribution in [-0.4, -0.2) is 0 Å². The zero-order chi connectivity index (χ0) is 20.1. The summed E-state index contributed by atoms with van der Waals surface area (Å²) in [6, 6.07) is 22.7. The molecule has 0 unspecified atom stereocenters. The summed E-state index contributed by atoms with van der Waals surface area (Å²) in [7, 11) is 2.16. The molecule has 0 bridgehead atoms. The molecule has 0 atom stereocenters. The van der Waals surface area contributed by atoms with Gasteiger partial charge in [-0.05, 0) is 75.9 Å². The molecule has 0 aliphatic heterocycles. The molecule has 4 aromatic rings. The van der Waals surface area contributed by atoms with E-state index in [0.29, 0.717) is 5.92 Å². The first-order valence-corrected chi connectivity index (χ1v) is 10.7. The molecular weight excluding hydrogens is 350 g/mol. The molecule has 0 amide bonds. The molecule has 1 aliphatic rings. The largest absolute Gasteiger partial charge is 0.212 e. The molecule has 3 aromatic carbocycles. The van der Waals surface area contributed by atoms with Crippen LogP contribution in [0.25, 0.3) is 33.2 Å². The predicted molar refractivity (Wildman–Crippen MR) is 122 cm³/mol. The van der Waals surface area contributed by atoms with Crippen LogP contribution in [-0.2, 0) is 19.9 Å². The first-order chi connectivity index (χ1) is 14.0. The van der Waals surface area contributed by atoms with Gasteiger partial charge < -0.3 is 0 Å². The van der Waals surface area contributed by atoms with Crippen molar-refractivity contribution in [1.29, 1.82) is 0 Å². The third-order valence-electron chi connectivity index (χ3n) is 6.38. The minimum atomic E-state index is 0.666. The number of aryl methyl sites for hydroxylation is 1. The van der Waals surface area contributed by atoms with Gasteiger partial charge in [0.25, 0.3) is 0 Å². The maximum atomic E-state index is 2.38. The summed E-state index contributed by atoms with van der Waals surface area (Å²) in [5.41, 5.74) is 11.3. The second kappa shape index (κ2) is 6.84. The lowest BCUT2D eigenvalue weighted by Gasteiger charge is -2.12. The van der Waals surface area contributed by atoms with E-state index in [4.69, 9.17) is 0 Å². The Labute approximate surface area is 173 Å². The molecule has 1 aromatic heterocycles. The van der Waals surface area contributed by atoms with Gasteiger partial charge in [0.15, 0.2) is 6.20 Å². The molecule has 0 N–H and O–H groups in total. The summed E-state index contributed by atoms with van der Waals surface area (Å²) in [5, 5.41) is 2.70. The Hall–Kier alpha value is -2.93. The van der Waals surface area contributed by atoms with E-state index < -0.39 is 0 Å². The number of pyridine rings is 1. The van der Waals surface area contributed by atoms with Gasteiger partial charge in [0.2, 0.25) is 5.69 Å². The number of benzene rings is 3. The molecule has 5 rings (SSSR count). The standard InChI is InChI=1S/C28H28N/c1-18(2)15-20-13-14-29(4)27(16-20)23-11-12-25-26(19(23)3)17-22-10-9-21-7-5-6-8-24(21)28(22)25/h5-14,16,18H,15,17H2,1-4H3/q+1. The zero-order valence-electron chi connectivity index (χ0n) is 17.8. The van der Waals surface area contributed by atoms with Gasteiger partial charge in [-0.2, -0.15) is 0 Å². The Balaban J connectivity index is 1.67. The fourth-order valence-electron chi connectivity index (χ4n) is 4.95. The van der Waals surface area contributed by atoms with Crippen molar-refractivity contribution in [3.05, 3.63) is 89.1 Å². The second-order valence-electron chi connectivity index (χ2n) is 8.89. The van der Waals surface area contributed by atoms with Crippen LogP contribution in [0.5, 0.6) is 0 Å². The van der Waals surface area contributed by atoms with E-state index in [1.165, 1.54) is 55.4 Å². The third-order valence-corrected chi connectivity index (χ3v) is 6.38. The highest BCUT2D eigenvalue weighted by Gasteiger charge is 2.25. The molecular formula is C28H28N+. The Bertz CT molecular complexity index is 1250. The fraction of sp³-hybridized carbons (Fsp3) is 0.250. The molecule has 0 spiro atoms. The van der Waals surface area contributed by atoms with Crippen molar-refractivity contribution in [2.45, 2.75) is 33.6 Å². The predicted octanol–water partition coefficient (Wildman–Crippen LogP) is 6.41. The number of nitrogens with zero attached hydrogens (tertiary/aromatic N) is 1. The summed E-state index contributed by atoms with van der Waals surface area (Å²) in [6.45, 7) is 6.88. The van der Waals surface area contributed by atoms with Crippen molar-refractivity contribution in [3.8, 4) is 22.4 Å². The monoisotopic (exact) mass is 378 g/mol. The smallest absolute Gasteiger partial charge is 0.201 e. The number of fused-ring (bicyclic) bond motifs is 5. The molecule has 1 aliphatic carbocycles. The van der Waals surface area contributed by atoms with Gasteiger partial charge >= 0.3 is 0 Å². The van der Waals surface area contributed by atoms with Gasteiger partial charge in [-0.3, -0.25) is 0 Å². The maximum absolute atomic E-state index is 2.38. The molecule has 144 valence electrons. The van der Waals surface area contributed by atoms with Crippen LogP contribution in [0.1, 0.15) is 36.1 Å². The van der Waals surface area contributed by atoms with Gasteiger partial charge in [0.1, 0.15) is 7.05 Å². The summed E-state index contributed by atoms with van der Waals surface area (Å²) in [5.74, 6) is 0.666. The Morgan fingerprint density at radius 2 is 1.72 bits per heavy atom. The summed E-state index contributed by atoms with van der Waals surface area (Å²) < 4.78 is 2.26. The SMILES string of the molecule is Cc1c(-c2cc(CC(C)C)cc[n+]2C)ccc2c1Cc1ccc3ccccc3c1-2. The average molecular weight is 379 g/mol. The average Bonchev–Trinajstić information content (AvgIpc) is 3.10.